The van der Waals surface area contributed by atoms with E-state index in [1.807, 2.05) is 35.3 Å². The van der Waals surface area contributed by atoms with Gasteiger partial charge < -0.3 is 5.11 Å². The summed E-state index contributed by atoms with van der Waals surface area (Å²) in [5, 5.41) is 20.0. The third-order valence-electron chi connectivity index (χ3n) is 4.07. The number of nitrogens with zero attached hydrogens (tertiary/aromatic N) is 3. The molecule has 0 amide bonds. The van der Waals surface area contributed by atoms with Crippen LogP contribution in [0.2, 0.25) is 15.1 Å². The van der Waals surface area contributed by atoms with E-state index in [1.165, 1.54) is 11.3 Å². The van der Waals surface area contributed by atoms with Gasteiger partial charge in [0.1, 0.15) is 0 Å². The highest BCUT2D eigenvalue weighted by Gasteiger charge is 2.32. The highest BCUT2D eigenvalue weighted by molar-refractivity contribution is 7.13. The van der Waals surface area contributed by atoms with Crippen LogP contribution in [-0.4, -0.2) is 15.8 Å². The first kappa shape index (κ1) is 17.6. The molecule has 4 nitrogen and oxygen atoms in total. The first-order valence-electron chi connectivity index (χ1n) is 7.73. The zero-order chi connectivity index (χ0) is 18.3. The van der Waals surface area contributed by atoms with Crippen LogP contribution in [0.25, 0.3) is 0 Å². The fourth-order valence-electron chi connectivity index (χ4n) is 2.87. The molecule has 26 heavy (non-hydrogen) atoms. The molecular formula is C18H12Cl3N3OS. The lowest BCUT2D eigenvalue weighted by Gasteiger charge is -2.21. The predicted molar refractivity (Wildman–Crippen MR) is 108 cm³/mol. The van der Waals surface area contributed by atoms with E-state index in [4.69, 9.17) is 39.9 Å². The number of benzene rings is 2. The highest BCUT2D eigenvalue weighted by atomic mass is 35.5. The number of hydrogen-bond acceptors (Lipinski definition) is 5. The fourth-order valence-corrected chi connectivity index (χ4v) is 4.05. The van der Waals surface area contributed by atoms with Gasteiger partial charge in [0.25, 0.3) is 0 Å². The molecule has 0 spiro atoms. The van der Waals surface area contributed by atoms with Crippen LogP contribution in [0.15, 0.2) is 52.9 Å². The van der Waals surface area contributed by atoms with Crippen LogP contribution in [-0.2, 0) is 0 Å². The number of halogens is 3. The van der Waals surface area contributed by atoms with Crippen molar-refractivity contribution in [2.45, 2.75) is 12.5 Å². The van der Waals surface area contributed by atoms with Crippen molar-refractivity contribution >= 4 is 57.0 Å². The topological polar surface area (TPSA) is 48.7 Å². The molecule has 1 unspecified atom stereocenters. The molecule has 132 valence electrons. The lowest BCUT2D eigenvalue weighted by molar-refractivity contribution is 0.457. The zero-order valence-corrected chi connectivity index (χ0v) is 16.3. The van der Waals surface area contributed by atoms with E-state index < -0.39 is 0 Å². The Balaban J connectivity index is 1.76. The van der Waals surface area contributed by atoms with Crippen LogP contribution in [0.3, 0.4) is 0 Å². The molecule has 2 aromatic carbocycles. The van der Waals surface area contributed by atoms with E-state index in [0.29, 0.717) is 26.6 Å². The van der Waals surface area contributed by atoms with Gasteiger partial charge in [-0.2, -0.15) is 10.1 Å². The molecule has 0 bridgehead atoms. The highest BCUT2D eigenvalue weighted by Crippen LogP contribution is 2.39. The molecule has 0 saturated heterocycles. The molecule has 1 aromatic heterocycles. The number of aromatic nitrogens is 1. The van der Waals surface area contributed by atoms with E-state index >= 15 is 0 Å². The number of anilines is 1. The minimum atomic E-state index is -0.0799. The third kappa shape index (κ3) is 3.40. The smallest absolute Gasteiger partial charge is 0.223 e. The Hall–Kier alpha value is -1.79. The van der Waals surface area contributed by atoms with Crippen molar-refractivity contribution in [3.05, 3.63) is 74.0 Å². The van der Waals surface area contributed by atoms with Crippen molar-refractivity contribution in [3.8, 4) is 5.88 Å². The maximum absolute atomic E-state index is 9.64. The maximum atomic E-state index is 9.64. The zero-order valence-electron chi connectivity index (χ0n) is 13.2. The summed E-state index contributed by atoms with van der Waals surface area (Å²) in [6, 6.07) is 13.0. The van der Waals surface area contributed by atoms with Crippen LogP contribution in [0.1, 0.15) is 23.6 Å². The van der Waals surface area contributed by atoms with Gasteiger partial charge in [0.05, 0.1) is 27.2 Å². The fraction of sp³-hybridized carbons (Fsp3) is 0.111. The van der Waals surface area contributed by atoms with E-state index in [9.17, 15) is 5.11 Å². The van der Waals surface area contributed by atoms with Gasteiger partial charge in [-0.3, -0.25) is 0 Å². The van der Waals surface area contributed by atoms with E-state index in [2.05, 4.69) is 4.98 Å². The molecule has 1 aliphatic rings. The van der Waals surface area contributed by atoms with E-state index in [0.717, 1.165) is 16.8 Å². The number of rotatable bonds is 3. The summed E-state index contributed by atoms with van der Waals surface area (Å²) in [7, 11) is 0. The van der Waals surface area contributed by atoms with Crippen molar-refractivity contribution in [2.75, 3.05) is 5.01 Å². The van der Waals surface area contributed by atoms with Crippen molar-refractivity contribution in [2.24, 2.45) is 5.10 Å². The SMILES string of the molecule is Oc1csc(N2N=C(c3ccc(Cl)c(Cl)c3)CC2c2cccc(Cl)c2)n1. The van der Waals surface area contributed by atoms with Gasteiger partial charge in [-0.05, 0) is 35.4 Å². The Morgan fingerprint density at radius 1 is 1.08 bits per heavy atom. The molecule has 0 fully saturated rings. The minimum Gasteiger partial charge on any atom is -0.493 e. The third-order valence-corrected chi connectivity index (χ3v) is 5.86. The monoisotopic (exact) mass is 423 g/mol. The van der Waals surface area contributed by atoms with Crippen molar-refractivity contribution < 1.29 is 5.11 Å². The lowest BCUT2D eigenvalue weighted by Crippen LogP contribution is -2.18. The van der Waals surface area contributed by atoms with Crippen molar-refractivity contribution in [1.82, 2.24) is 4.98 Å². The normalized spacial score (nSPS) is 16.8. The second-order valence-electron chi connectivity index (χ2n) is 5.78. The van der Waals surface area contributed by atoms with Gasteiger partial charge in [0, 0.05) is 11.4 Å². The Morgan fingerprint density at radius 3 is 2.62 bits per heavy atom. The van der Waals surface area contributed by atoms with Gasteiger partial charge in [0.15, 0.2) is 0 Å². The summed E-state index contributed by atoms with van der Waals surface area (Å²) in [4.78, 5) is 4.16. The van der Waals surface area contributed by atoms with Crippen LogP contribution in [0.5, 0.6) is 5.88 Å². The van der Waals surface area contributed by atoms with Crippen LogP contribution < -0.4 is 5.01 Å². The molecule has 0 aliphatic carbocycles. The number of aromatic hydroxyl groups is 1. The molecule has 1 N–H and O–H groups in total. The van der Waals surface area contributed by atoms with E-state index in [1.54, 1.807) is 17.5 Å². The molecular weight excluding hydrogens is 413 g/mol. The summed E-state index contributed by atoms with van der Waals surface area (Å²) in [6.07, 6.45) is 0.651. The molecule has 0 radical (unpaired) electrons. The van der Waals surface area contributed by atoms with Gasteiger partial charge in [-0.1, -0.05) is 64.3 Å². The molecule has 1 atom stereocenters. The molecule has 1 aliphatic heterocycles. The standard InChI is InChI=1S/C18H12Cl3N3OS/c19-12-3-1-2-11(6-12)16-8-15(10-4-5-13(20)14(21)7-10)23-24(16)18-22-17(25)9-26-18/h1-7,9,16,25H,8H2. The lowest BCUT2D eigenvalue weighted by atomic mass is 9.98. The Kier molecular flexibility index (Phi) is 4.80. The number of thiazole rings is 1. The van der Waals surface area contributed by atoms with Gasteiger partial charge >= 0.3 is 0 Å². The Bertz CT molecular complexity index is 1000. The molecule has 0 saturated carbocycles. The second-order valence-corrected chi connectivity index (χ2v) is 7.87. The second kappa shape index (κ2) is 7.08. The van der Waals surface area contributed by atoms with Crippen LogP contribution >= 0.6 is 46.1 Å². The van der Waals surface area contributed by atoms with Crippen molar-refractivity contribution in [3.63, 3.8) is 0 Å². The first-order chi connectivity index (χ1) is 12.5. The number of hydrazone groups is 1. The first-order valence-corrected chi connectivity index (χ1v) is 9.75. The quantitative estimate of drug-likeness (QED) is 0.547. The molecule has 3 aromatic rings. The summed E-state index contributed by atoms with van der Waals surface area (Å²) in [5.41, 5.74) is 2.78. The van der Waals surface area contributed by atoms with Crippen molar-refractivity contribution in [1.29, 1.82) is 0 Å². The summed E-state index contributed by atoms with van der Waals surface area (Å²) in [6.45, 7) is 0. The largest absolute Gasteiger partial charge is 0.493 e. The molecule has 8 heteroatoms. The van der Waals surface area contributed by atoms with Gasteiger partial charge in [0.2, 0.25) is 11.0 Å². The van der Waals surface area contributed by atoms with Crippen LogP contribution in [0, 0.1) is 0 Å². The average Bonchev–Trinajstić information content (AvgIpc) is 3.23. The van der Waals surface area contributed by atoms with Gasteiger partial charge in [-0.15, -0.1) is 0 Å². The Morgan fingerprint density at radius 2 is 1.92 bits per heavy atom. The average molecular weight is 425 g/mol. The predicted octanol–water partition coefficient (Wildman–Crippen LogP) is 6.16. The molecule has 2 heterocycles. The van der Waals surface area contributed by atoms with Gasteiger partial charge in [-0.25, -0.2) is 5.01 Å². The van der Waals surface area contributed by atoms with Crippen LogP contribution in [0.4, 0.5) is 5.13 Å². The molecule has 4 rings (SSSR count). The van der Waals surface area contributed by atoms with E-state index in [-0.39, 0.29) is 11.9 Å². The summed E-state index contributed by atoms with van der Waals surface area (Å²) >= 11 is 19.7. The number of hydrogen-bond donors (Lipinski definition) is 1. The summed E-state index contributed by atoms with van der Waals surface area (Å²) in [5.74, 6) is -0.0203. The maximum Gasteiger partial charge on any atom is 0.223 e. The Labute approximate surface area is 169 Å². The summed E-state index contributed by atoms with van der Waals surface area (Å²) < 4.78 is 0. The minimum absolute atomic E-state index is 0.0203.